The van der Waals surface area contributed by atoms with Crippen LogP contribution >= 0.6 is 0 Å². The zero-order valence-corrected chi connectivity index (χ0v) is 13.7. The van der Waals surface area contributed by atoms with Crippen LogP contribution < -0.4 is 0 Å². The molecule has 2 aromatic rings. The summed E-state index contributed by atoms with van der Waals surface area (Å²) in [4.78, 5) is 16.6. The molecular formula is C20H21NO2. The molecule has 0 radical (unpaired) electrons. The fourth-order valence-electron chi connectivity index (χ4n) is 2.63. The van der Waals surface area contributed by atoms with Crippen molar-refractivity contribution in [2.45, 2.75) is 38.6 Å². The van der Waals surface area contributed by atoms with Crippen LogP contribution in [0.15, 0.2) is 59.6 Å². The number of carbonyl (C=O) groups is 1. The van der Waals surface area contributed by atoms with E-state index >= 15 is 0 Å². The lowest BCUT2D eigenvalue weighted by atomic mass is 9.86. The molecule has 23 heavy (non-hydrogen) atoms. The van der Waals surface area contributed by atoms with Crippen LogP contribution in [-0.2, 0) is 14.9 Å². The Balaban J connectivity index is 1.92. The molecule has 0 bridgehead atoms. The quantitative estimate of drug-likeness (QED) is 0.770. The zero-order valence-electron chi connectivity index (χ0n) is 13.7. The standard InChI is InChI=1S/C20H21NO2/c1-20(2,3)16-11-9-15(10-12-16)19-21-17(13-18(22)23-19)14-7-5-4-6-8-14/h4-12,17H,13H2,1-3H3/t17-/m0/s1. The number of hydrogen-bond acceptors (Lipinski definition) is 3. The van der Waals surface area contributed by atoms with Gasteiger partial charge in [-0.25, -0.2) is 4.99 Å². The summed E-state index contributed by atoms with van der Waals surface area (Å²) in [5.41, 5.74) is 3.21. The number of carbonyl (C=O) groups excluding carboxylic acids is 1. The van der Waals surface area contributed by atoms with Crippen molar-refractivity contribution in [3.8, 4) is 0 Å². The summed E-state index contributed by atoms with van der Waals surface area (Å²) in [5, 5.41) is 0. The first kappa shape index (κ1) is 15.5. The molecule has 0 aromatic heterocycles. The highest BCUT2D eigenvalue weighted by atomic mass is 16.5. The van der Waals surface area contributed by atoms with E-state index in [1.807, 2.05) is 42.5 Å². The van der Waals surface area contributed by atoms with E-state index in [2.05, 4.69) is 37.9 Å². The number of rotatable bonds is 2. The van der Waals surface area contributed by atoms with Gasteiger partial charge in [0.2, 0.25) is 5.90 Å². The molecular weight excluding hydrogens is 286 g/mol. The third kappa shape index (κ3) is 3.50. The normalized spacial score (nSPS) is 18.3. The van der Waals surface area contributed by atoms with Crippen LogP contribution in [0.25, 0.3) is 0 Å². The van der Waals surface area contributed by atoms with E-state index in [1.165, 1.54) is 5.56 Å². The van der Waals surface area contributed by atoms with Crippen molar-refractivity contribution in [2.24, 2.45) is 4.99 Å². The van der Waals surface area contributed by atoms with Crippen LogP contribution in [0.5, 0.6) is 0 Å². The van der Waals surface area contributed by atoms with Crippen molar-refractivity contribution in [2.75, 3.05) is 0 Å². The lowest BCUT2D eigenvalue weighted by Crippen LogP contribution is -2.22. The van der Waals surface area contributed by atoms with Crippen molar-refractivity contribution in [1.29, 1.82) is 0 Å². The Bertz CT molecular complexity index is 724. The molecule has 1 aliphatic rings. The van der Waals surface area contributed by atoms with E-state index in [1.54, 1.807) is 0 Å². The summed E-state index contributed by atoms with van der Waals surface area (Å²) in [5.74, 6) is 0.180. The molecule has 1 atom stereocenters. The van der Waals surface area contributed by atoms with E-state index in [9.17, 15) is 4.79 Å². The number of benzene rings is 2. The van der Waals surface area contributed by atoms with E-state index in [4.69, 9.17) is 4.74 Å². The van der Waals surface area contributed by atoms with Gasteiger partial charge < -0.3 is 4.74 Å². The third-order valence-corrected chi connectivity index (χ3v) is 4.03. The maximum atomic E-state index is 12.0. The minimum absolute atomic E-state index is 0.0934. The second-order valence-corrected chi connectivity index (χ2v) is 6.87. The lowest BCUT2D eigenvalue weighted by Gasteiger charge is -2.22. The molecule has 0 unspecified atom stereocenters. The lowest BCUT2D eigenvalue weighted by molar-refractivity contribution is -0.136. The van der Waals surface area contributed by atoms with Crippen molar-refractivity contribution < 1.29 is 9.53 Å². The predicted molar refractivity (Wildman–Crippen MR) is 91.6 cm³/mol. The molecule has 3 nitrogen and oxygen atoms in total. The molecule has 3 heteroatoms. The maximum Gasteiger partial charge on any atom is 0.315 e. The van der Waals surface area contributed by atoms with Crippen molar-refractivity contribution >= 4 is 11.9 Å². The summed E-state index contributed by atoms with van der Waals surface area (Å²) in [6, 6.07) is 17.8. The van der Waals surface area contributed by atoms with Gasteiger partial charge in [0.05, 0.1) is 12.5 Å². The first-order valence-electron chi connectivity index (χ1n) is 7.88. The average Bonchev–Trinajstić information content (AvgIpc) is 2.54. The smallest absolute Gasteiger partial charge is 0.315 e. The molecule has 2 aromatic carbocycles. The van der Waals surface area contributed by atoms with Gasteiger partial charge >= 0.3 is 5.97 Å². The Hall–Kier alpha value is -2.42. The van der Waals surface area contributed by atoms with Gasteiger partial charge in [0.25, 0.3) is 0 Å². The predicted octanol–water partition coefficient (Wildman–Crippen LogP) is 4.42. The van der Waals surface area contributed by atoms with Crippen molar-refractivity contribution in [3.63, 3.8) is 0 Å². The molecule has 0 saturated carbocycles. The summed E-state index contributed by atoms with van der Waals surface area (Å²) >= 11 is 0. The summed E-state index contributed by atoms with van der Waals surface area (Å²) in [6.07, 6.45) is 0.285. The first-order valence-corrected chi connectivity index (χ1v) is 7.88. The highest BCUT2D eigenvalue weighted by molar-refractivity contribution is 6.02. The monoisotopic (exact) mass is 307 g/mol. The highest BCUT2D eigenvalue weighted by Gasteiger charge is 2.25. The van der Waals surface area contributed by atoms with Gasteiger partial charge in [0.15, 0.2) is 0 Å². The molecule has 0 amide bonds. The molecule has 0 aliphatic carbocycles. The van der Waals surface area contributed by atoms with Gasteiger partial charge in [-0.2, -0.15) is 0 Å². The SMILES string of the molecule is CC(C)(C)c1ccc(C2=N[C@H](c3ccccc3)CC(=O)O2)cc1. The van der Waals surface area contributed by atoms with Gasteiger partial charge in [-0.05, 0) is 28.7 Å². The molecule has 0 saturated heterocycles. The summed E-state index contributed by atoms with van der Waals surface area (Å²) < 4.78 is 5.36. The second kappa shape index (κ2) is 5.99. The molecule has 3 rings (SSSR count). The van der Waals surface area contributed by atoms with Crippen LogP contribution in [0.3, 0.4) is 0 Å². The molecule has 0 N–H and O–H groups in total. The number of esters is 1. The van der Waals surface area contributed by atoms with E-state index in [-0.39, 0.29) is 23.8 Å². The van der Waals surface area contributed by atoms with Gasteiger partial charge in [-0.15, -0.1) is 0 Å². The van der Waals surface area contributed by atoms with Crippen LogP contribution in [0.1, 0.15) is 49.9 Å². The Morgan fingerprint density at radius 3 is 2.26 bits per heavy atom. The van der Waals surface area contributed by atoms with E-state index in [0.717, 1.165) is 11.1 Å². The number of aliphatic imine (C=N–C) groups is 1. The number of ether oxygens (including phenoxy) is 1. The van der Waals surface area contributed by atoms with Crippen LogP contribution in [0.2, 0.25) is 0 Å². The average molecular weight is 307 g/mol. The van der Waals surface area contributed by atoms with Crippen molar-refractivity contribution in [3.05, 3.63) is 71.3 Å². The third-order valence-electron chi connectivity index (χ3n) is 4.03. The number of hydrogen-bond donors (Lipinski definition) is 0. The number of cyclic esters (lactones) is 1. The number of nitrogens with zero attached hydrogens (tertiary/aromatic N) is 1. The summed E-state index contributed by atoms with van der Waals surface area (Å²) in [7, 11) is 0. The van der Waals surface area contributed by atoms with Crippen LogP contribution in [-0.4, -0.2) is 11.9 Å². The molecule has 1 heterocycles. The van der Waals surface area contributed by atoms with Gasteiger partial charge in [-0.1, -0.05) is 63.2 Å². The maximum absolute atomic E-state index is 12.0. The fourth-order valence-corrected chi connectivity index (χ4v) is 2.63. The first-order chi connectivity index (χ1) is 10.9. The molecule has 0 fully saturated rings. The Morgan fingerprint density at radius 1 is 1.00 bits per heavy atom. The Morgan fingerprint density at radius 2 is 1.65 bits per heavy atom. The van der Waals surface area contributed by atoms with Crippen LogP contribution in [0, 0.1) is 0 Å². The van der Waals surface area contributed by atoms with E-state index in [0.29, 0.717) is 5.90 Å². The molecule has 118 valence electrons. The van der Waals surface area contributed by atoms with Gasteiger partial charge in [0.1, 0.15) is 0 Å². The minimum Gasteiger partial charge on any atom is -0.407 e. The van der Waals surface area contributed by atoms with Gasteiger partial charge in [-0.3, -0.25) is 4.79 Å². The topological polar surface area (TPSA) is 38.7 Å². The molecule has 0 spiro atoms. The Kier molecular flexibility index (Phi) is 4.03. The highest BCUT2D eigenvalue weighted by Crippen LogP contribution is 2.28. The van der Waals surface area contributed by atoms with E-state index < -0.39 is 0 Å². The van der Waals surface area contributed by atoms with Gasteiger partial charge in [0, 0.05) is 5.56 Å². The largest absolute Gasteiger partial charge is 0.407 e. The summed E-state index contributed by atoms with van der Waals surface area (Å²) in [6.45, 7) is 6.52. The zero-order chi connectivity index (χ0) is 16.4. The van der Waals surface area contributed by atoms with Crippen LogP contribution in [0.4, 0.5) is 0 Å². The molecule has 1 aliphatic heterocycles. The Labute approximate surface area is 137 Å². The van der Waals surface area contributed by atoms with Crippen molar-refractivity contribution in [1.82, 2.24) is 0 Å². The fraction of sp³-hybridized carbons (Fsp3) is 0.300. The minimum atomic E-state index is -0.233. The second-order valence-electron chi connectivity index (χ2n) is 6.87.